The SMILES string of the molecule is CN1CC(C(=O)N2CCO[C@@H](OC(C)(C)C)C2)C1. The lowest BCUT2D eigenvalue weighted by atomic mass is 9.99. The van der Waals surface area contributed by atoms with Crippen LogP contribution >= 0.6 is 0 Å². The van der Waals surface area contributed by atoms with Crippen molar-refractivity contribution in [2.75, 3.05) is 39.8 Å². The lowest BCUT2D eigenvalue weighted by Gasteiger charge is -2.41. The standard InChI is InChI=1S/C13H24N2O3/c1-13(2,3)18-11-9-15(5-6-17-11)12(16)10-7-14(4)8-10/h10-11H,5-9H2,1-4H3/t11-/m0/s1. The molecule has 1 amide bonds. The van der Waals surface area contributed by atoms with Gasteiger partial charge in [-0.25, -0.2) is 0 Å². The van der Waals surface area contributed by atoms with Gasteiger partial charge < -0.3 is 19.3 Å². The fourth-order valence-corrected chi connectivity index (χ4v) is 2.40. The highest BCUT2D eigenvalue weighted by Crippen LogP contribution is 2.20. The van der Waals surface area contributed by atoms with Gasteiger partial charge in [0.05, 0.1) is 24.7 Å². The molecule has 1 atom stereocenters. The summed E-state index contributed by atoms with van der Waals surface area (Å²) in [5.74, 6) is 0.419. The topological polar surface area (TPSA) is 42.0 Å². The Morgan fingerprint density at radius 1 is 1.28 bits per heavy atom. The molecule has 2 heterocycles. The molecule has 0 aromatic heterocycles. The Balaban J connectivity index is 1.84. The lowest BCUT2D eigenvalue weighted by molar-refractivity contribution is -0.223. The molecule has 2 aliphatic rings. The van der Waals surface area contributed by atoms with Crippen LogP contribution in [0.5, 0.6) is 0 Å². The maximum absolute atomic E-state index is 12.2. The van der Waals surface area contributed by atoms with Crippen molar-refractivity contribution in [1.82, 2.24) is 9.80 Å². The number of likely N-dealkylation sites (tertiary alicyclic amines) is 1. The number of amides is 1. The number of hydrogen-bond acceptors (Lipinski definition) is 4. The molecular formula is C13H24N2O3. The zero-order valence-electron chi connectivity index (χ0n) is 11.8. The molecule has 0 saturated carbocycles. The predicted octanol–water partition coefficient (Wildman–Crippen LogP) is 0.548. The second-order valence-electron chi connectivity index (χ2n) is 6.23. The first kappa shape index (κ1) is 13.8. The average Bonchev–Trinajstić information content (AvgIpc) is 2.22. The molecule has 0 aromatic rings. The van der Waals surface area contributed by atoms with Gasteiger partial charge in [-0.15, -0.1) is 0 Å². The Labute approximate surface area is 109 Å². The number of morpholine rings is 1. The highest BCUT2D eigenvalue weighted by Gasteiger charge is 2.36. The molecule has 18 heavy (non-hydrogen) atoms. The van der Waals surface area contributed by atoms with Crippen LogP contribution in [0.25, 0.3) is 0 Å². The van der Waals surface area contributed by atoms with Gasteiger partial charge >= 0.3 is 0 Å². The molecule has 5 heteroatoms. The van der Waals surface area contributed by atoms with E-state index in [1.807, 2.05) is 32.7 Å². The number of carbonyl (C=O) groups excluding carboxylic acids is 1. The molecule has 2 rings (SSSR count). The van der Waals surface area contributed by atoms with Crippen LogP contribution in [0.2, 0.25) is 0 Å². The van der Waals surface area contributed by atoms with Crippen LogP contribution < -0.4 is 0 Å². The minimum absolute atomic E-state index is 0.170. The van der Waals surface area contributed by atoms with E-state index in [2.05, 4.69) is 4.90 Å². The minimum Gasteiger partial charge on any atom is -0.349 e. The summed E-state index contributed by atoms with van der Waals surface area (Å²) in [4.78, 5) is 16.3. The fraction of sp³-hybridized carbons (Fsp3) is 0.923. The van der Waals surface area contributed by atoms with Crippen LogP contribution in [0.4, 0.5) is 0 Å². The van der Waals surface area contributed by atoms with E-state index in [1.54, 1.807) is 0 Å². The monoisotopic (exact) mass is 256 g/mol. The second-order valence-corrected chi connectivity index (χ2v) is 6.23. The Morgan fingerprint density at radius 3 is 2.50 bits per heavy atom. The Hall–Kier alpha value is -0.650. The van der Waals surface area contributed by atoms with Gasteiger partial charge in [0.2, 0.25) is 5.91 Å². The molecule has 0 aromatic carbocycles. The van der Waals surface area contributed by atoms with E-state index in [-0.39, 0.29) is 23.7 Å². The zero-order chi connectivity index (χ0) is 13.3. The third-order valence-electron chi connectivity index (χ3n) is 3.24. The molecule has 5 nitrogen and oxygen atoms in total. The molecule has 0 aliphatic carbocycles. The number of nitrogens with zero attached hydrogens (tertiary/aromatic N) is 2. The quantitative estimate of drug-likeness (QED) is 0.723. The van der Waals surface area contributed by atoms with Crippen molar-refractivity contribution in [2.24, 2.45) is 5.92 Å². The van der Waals surface area contributed by atoms with Crippen LogP contribution in [0.15, 0.2) is 0 Å². The zero-order valence-corrected chi connectivity index (χ0v) is 11.8. The van der Waals surface area contributed by atoms with Crippen molar-refractivity contribution in [1.29, 1.82) is 0 Å². The van der Waals surface area contributed by atoms with Gasteiger partial charge in [0, 0.05) is 19.6 Å². The first-order valence-electron chi connectivity index (χ1n) is 6.62. The van der Waals surface area contributed by atoms with Crippen molar-refractivity contribution in [3.8, 4) is 0 Å². The predicted molar refractivity (Wildman–Crippen MR) is 68.1 cm³/mol. The van der Waals surface area contributed by atoms with Gasteiger partial charge in [-0.2, -0.15) is 0 Å². The highest BCUT2D eigenvalue weighted by molar-refractivity contribution is 5.80. The highest BCUT2D eigenvalue weighted by atomic mass is 16.7. The van der Waals surface area contributed by atoms with Crippen LogP contribution in [-0.4, -0.2) is 67.4 Å². The number of hydrogen-bond donors (Lipinski definition) is 0. The molecule has 104 valence electrons. The van der Waals surface area contributed by atoms with Crippen molar-refractivity contribution < 1.29 is 14.3 Å². The van der Waals surface area contributed by atoms with E-state index in [4.69, 9.17) is 9.47 Å². The second kappa shape index (κ2) is 5.15. The summed E-state index contributed by atoms with van der Waals surface area (Å²) in [7, 11) is 2.04. The summed E-state index contributed by atoms with van der Waals surface area (Å²) in [5, 5.41) is 0. The lowest BCUT2D eigenvalue weighted by Crippen LogP contribution is -2.56. The van der Waals surface area contributed by atoms with Gasteiger partial charge in [0.25, 0.3) is 0 Å². The van der Waals surface area contributed by atoms with E-state index in [1.165, 1.54) is 0 Å². The summed E-state index contributed by atoms with van der Waals surface area (Å²) in [6, 6.07) is 0. The number of carbonyl (C=O) groups is 1. The van der Waals surface area contributed by atoms with Gasteiger partial charge in [0.15, 0.2) is 6.29 Å². The first-order chi connectivity index (χ1) is 8.35. The Morgan fingerprint density at radius 2 is 1.94 bits per heavy atom. The molecule has 0 radical (unpaired) electrons. The molecule has 2 fully saturated rings. The minimum atomic E-state index is -0.291. The summed E-state index contributed by atoms with van der Waals surface area (Å²) in [6.07, 6.45) is -0.291. The summed E-state index contributed by atoms with van der Waals surface area (Å²) in [6.45, 7) is 9.55. The van der Waals surface area contributed by atoms with Gasteiger partial charge in [-0.1, -0.05) is 0 Å². The van der Waals surface area contributed by atoms with Crippen molar-refractivity contribution in [3.63, 3.8) is 0 Å². The van der Waals surface area contributed by atoms with Gasteiger partial charge in [-0.05, 0) is 27.8 Å². The van der Waals surface area contributed by atoms with Crippen molar-refractivity contribution in [3.05, 3.63) is 0 Å². The fourth-order valence-electron chi connectivity index (χ4n) is 2.40. The van der Waals surface area contributed by atoms with Gasteiger partial charge in [0.1, 0.15) is 0 Å². The number of ether oxygens (including phenoxy) is 2. The summed E-state index contributed by atoms with van der Waals surface area (Å²) < 4.78 is 11.3. The smallest absolute Gasteiger partial charge is 0.228 e. The molecular weight excluding hydrogens is 232 g/mol. The molecule has 2 aliphatic heterocycles. The van der Waals surface area contributed by atoms with Gasteiger partial charge in [-0.3, -0.25) is 4.79 Å². The van der Waals surface area contributed by atoms with E-state index < -0.39 is 0 Å². The molecule has 0 bridgehead atoms. The van der Waals surface area contributed by atoms with Crippen LogP contribution in [-0.2, 0) is 14.3 Å². The van der Waals surface area contributed by atoms with Crippen LogP contribution in [0.1, 0.15) is 20.8 Å². The third-order valence-corrected chi connectivity index (χ3v) is 3.24. The normalized spacial score (nSPS) is 27.1. The molecule has 0 unspecified atom stereocenters. The van der Waals surface area contributed by atoms with Crippen molar-refractivity contribution >= 4 is 5.91 Å². The molecule has 0 N–H and O–H groups in total. The molecule has 2 saturated heterocycles. The third kappa shape index (κ3) is 3.43. The Bertz CT molecular complexity index is 308. The number of rotatable bonds is 2. The maximum atomic E-state index is 12.2. The Kier molecular flexibility index (Phi) is 3.94. The average molecular weight is 256 g/mol. The maximum Gasteiger partial charge on any atom is 0.228 e. The van der Waals surface area contributed by atoms with Crippen molar-refractivity contribution in [2.45, 2.75) is 32.7 Å². The largest absolute Gasteiger partial charge is 0.349 e. The van der Waals surface area contributed by atoms with E-state index in [0.29, 0.717) is 19.7 Å². The summed E-state index contributed by atoms with van der Waals surface area (Å²) >= 11 is 0. The van der Waals surface area contributed by atoms with E-state index in [0.717, 1.165) is 13.1 Å². The molecule has 0 spiro atoms. The summed E-state index contributed by atoms with van der Waals surface area (Å²) in [5.41, 5.74) is -0.243. The van der Waals surface area contributed by atoms with E-state index >= 15 is 0 Å². The van der Waals surface area contributed by atoms with Crippen LogP contribution in [0.3, 0.4) is 0 Å². The first-order valence-corrected chi connectivity index (χ1v) is 6.62. The van der Waals surface area contributed by atoms with Crippen LogP contribution in [0, 0.1) is 5.92 Å². The van der Waals surface area contributed by atoms with E-state index in [9.17, 15) is 4.79 Å².